The molecule has 3 aromatic rings. The van der Waals surface area contributed by atoms with Crippen molar-refractivity contribution in [3.8, 4) is 0 Å². The molecule has 3 aliphatic carbocycles. The number of ether oxygens (including phenoxy) is 4. The molecule has 2 amide bonds. The van der Waals surface area contributed by atoms with Crippen LogP contribution < -0.4 is 5.32 Å². The summed E-state index contributed by atoms with van der Waals surface area (Å²) in [5.74, 6) is -1.32. The molecule has 10 nitrogen and oxygen atoms in total. The summed E-state index contributed by atoms with van der Waals surface area (Å²) in [5, 5.41) is 12.0. The number of hydrogen-bond donors (Lipinski definition) is 2. The molecule has 8 atom stereocenters. The number of fused-ring (bicyclic) bond motifs is 3. The van der Waals surface area contributed by atoms with Gasteiger partial charge in [-0.3, -0.25) is 9.59 Å². The Bertz CT molecular complexity index is 2090. The molecule has 9 rings (SSSR count). The number of aliphatic hydroxyl groups is 1. The Morgan fingerprint density at radius 3 is 2.37 bits per heavy atom. The summed E-state index contributed by atoms with van der Waals surface area (Å²) < 4.78 is 26.5. The van der Waals surface area contributed by atoms with Gasteiger partial charge in [-0.2, -0.15) is 0 Å². The van der Waals surface area contributed by atoms with Gasteiger partial charge in [-0.05, 0) is 92.9 Å². The molecule has 0 spiro atoms. The van der Waals surface area contributed by atoms with E-state index in [0.29, 0.717) is 53.9 Å². The van der Waals surface area contributed by atoms with Gasteiger partial charge in [0.15, 0.2) is 0 Å². The number of carbonyl (C=O) groups is 3. The van der Waals surface area contributed by atoms with E-state index in [-0.39, 0.29) is 37.0 Å². The number of likely N-dealkylation sites (tertiary alicyclic amines) is 1. The fraction of sp³-hybridized carbons (Fsp3) is 0.490. The molecule has 10 heteroatoms. The van der Waals surface area contributed by atoms with Crippen LogP contribution in [0.15, 0.2) is 102 Å². The minimum absolute atomic E-state index is 0.00812. The Balaban J connectivity index is 1.01. The van der Waals surface area contributed by atoms with Gasteiger partial charge in [0.1, 0.15) is 24.4 Å². The lowest BCUT2D eigenvalue weighted by molar-refractivity contribution is -0.157. The number of epoxide rings is 1. The number of nitrogens with one attached hydrogen (secondary N) is 1. The van der Waals surface area contributed by atoms with Crippen LogP contribution in [0.3, 0.4) is 0 Å². The van der Waals surface area contributed by atoms with Crippen LogP contribution in [0.4, 0.5) is 0 Å². The Kier molecular flexibility index (Phi) is 10.6. The third kappa shape index (κ3) is 7.58. The number of rotatable bonds is 9. The minimum Gasteiger partial charge on any atom is -0.456 e. The molecular formula is C49H56N2O8. The molecule has 0 radical (unpaired) electrons. The van der Waals surface area contributed by atoms with E-state index in [1.54, 1.807) is 17.0 Å². The van der Waals surface area contributed by atoms with Crippen molar-refractivity contribution in [1.29, 1.82) is 0 Å². The van der Waals surface area contributed by atoms with Crippen molar-refractivity contribution in [3.05, 3.63) is 124 Å². The van der Waals surface area contributed by atoms with Crippen molar-refractivity contribution in [2.24, 2.45) is 17.3 Å². The van der Waals surface area contributed by atoms with Gasteiger partial charge in [0, 0.05) is 36.2 Å². The van der Waals surface area contributed by atoms with Gasteiger partial charge >= 0.3 is 5.97 Å². The lowest BCUT2D eigenvalue weighted by Crippen LogP contribution is -2.49. The summed E-state index contributed by atoms with van der Waals surface area (Å²) in [6.45, 7) is 7.38. The summed E-state index contributed by atoms with van der Waals surface area (Å²) >= 11 is 0. The number of benzene rings is 3. The molecule has 310 valence electrons. The molecule has 0 aromatic heterocycles. The summed E-state index contributed by atoms with van der Waals surface area (Å²) in [4.78, 5) is 43.4. The summed E-state index contributed by atoms with van der Waals surface area (Å²) in [7, 11) is 0. The minimum atomic E-state index is -1.34. The molecule has 3 heterocycles. The predicted octanol–water partition coefficient (Wildman–Crippen LogP) is 7.10. The first-order valence-corrected chi connectivity index (χ1v) is 21.5. The van der Waals surface area contributed by atoms with Gasteiger partial charge in [0.25, 0.3) is 0 Å². The topological polar surface area (TPSA) is 127 Å². The highest BCUT2D eigenvalue weighted by atomic mass is 16.8. The Labute approximate surface area is 346 Å². The molecule has 6 aliphatic rings. The zero-order valence-corrected chi connectivity index (χ0v) is 34.3. The van der Waals surface area contributed by atoms with Crippen molar-refractivity contribution in [2.75, 3.05) is 19.7 Å². The molecular weight excluding hydrogens is 745 g/mol. The number of hydrogen-bond acceptors (Lipinski definition) is 8. The van der Waals surface area contributed by atoms with Crippen LogP contribution in [0.2, 0.25) is 0 Å². The first-order chi connectivity index (χ1) is 28.5. The van der Waals surface area contributed by atoms with Crippen LogP contribution in [0, 0.1) is 17.3 Å². The lowest BCUT2D eigenvalue weighted by Gasteiger charge is -2.53. The highest BCUT2D eigenvalue weighted by molar-refractivity contribution is 5.98. The van der Waals surface area contributed by atoms with E-state index in [1.807, 2.05) is 78.9 Å². The van der Waals surface area contributed by atoms with Crippen LogP contribution >= 0.6 is 0 Å². The maximum Gasteiger partial charge on any atom is 0.338 e. The van der Waals surface area contributed by atoms with Crippen LogP contribution in [0.5, 0.6) is 0 Å². The van der Waals surface area contributed by atoms with Crippen molar-refractivity contribution in [2.45, 2.75) is 114 Å². The van der Waals surface area contributed by atoms with E-state index >= 15 is 0 Å². The van der Waals surface area contributed by atoms with Gasteiger partial charge in [0.2, 0.25) is 17.6 Å². The Morgan fingerprint density at radius 2 is 1.66 bits per heavy atom. The first-order valence-electron chi connectivity index (χ1n) is 21.5. The SMILES string of the molecule is CC1(C)C[C@@H]2C(=Cc3cccc(C(=O)O[C@@H]4CC(C(=O)N5CCC[C@@H]5C(=O)NCCO)=C[C@H]5OC(c6ccccc6)(c6ccccc6)O[C@H]54)c3)CCC3O[C@]3(C)CC[C@H]21. The maximum atomic E-state index is 14.4. The van der Waals surface area contributed by atoms with E-state index in [0.717, 1.165) is 48.8 Å². The molecule has 3 saturated heterocycles. The Morgan fingerprint density at radius 1 is 0.915 bits per heavy atom. The number of carbonyl (C=O) groups excluding carboxylic acids is 3. The van der Waals surface area contributed by atoms with Crippen LogP contribution in [0.25, 0.3) is 6.08 Å². The second-order valence-electron chi connectivity index (χ2n) is 18.3. The lowest BCUT2D eigenvalue weighted by atomic mass is 9.52. The van der Waals surface area contributed by atoms with E-state index < -0.39 is 36.1 Å². The monoisotopic (exact) mass is 800 g/mol. The standard InChI is InChI=1S/C49H56N2O8/c1-47(2)30-37-32(19-20-42-48(3,58-42)22-21-38(37)47)26-31-12-10-13-33(27-31)46(55)56-40-28-34(45(54)51-24-11-18-39(51)44(53)50-23-25-52)29-41-43(40)59-49(57-41,35-14-6-4-7-15-35)36-16-8-5-9-17-36/h4-10,12-17,26-27,29,37-43,52H,11,18-25,28,30H2,1-3H3,(H,50,53)/t37-,38-,39-,40-,41-,42?,43+,48-/m1/s1. The Hall–Kier alpha value is -4.61. The molecule has 2 saturated carbocycles. The number of aliphatic hydroxyl groups excluding tert-OH is 1. The number of allylic oxidation sites excluding steroid dienone is 1. The average Bonchev–Trinajstić information content (AvgIpc) is 3.54. The molecule has 3 aliphatic heterocycles. The third-order valence-corrected chi connectivity index (χ3v) is 14.0. The molecule has 59 heavy (non-hydrogen) atoms. The van der Waals surface area contributed by atoms with Gasteiger partial charge in [-0.15, -0.1) is 0 Å². The molecule has 5 fully saturated rings. The van der Waals surface area contributed by atoms with E-state index in [1.165, 1.54) is 5.57 Å². The fourth-order valence-corrected chi connectivity index (χ4v) is 10.7. The third-order valence-electron chi connectivity index (χ3n) is 14.0. The van der Waals surface area contributed by atoms with Crippen molar-refractivity contribution in [3.63, 3.8) is 0 Å². The number of nitrogens with zero attached hydrogens (tertiary/aromatic N) is 1. The van der Waals surface area contributed by atoms with E-state index in [9.17, 15) is 19.5 Å². The fourth-order valence-electron chi connectivity index (χ4n) is 10.7. The summed E-state index contributed by atoms with van der Waals surface area (Å²) in [6.07, 6.45) is 8.70. The average molecular weight is 801 g/mol. The maximum absolute atomic E-state index is 14.4. The predicted molar refractivity (Wildman–Crippen MR) is 222 cm³/mol. The van der Waals surface area contributed by atoms with Gasteiger partial charge in [-0.25, -0.2) is 4.79 Å². The van der Waals surface area contributed by atoms with Gasteiger partial charge in [0.05, 0.1) is 23.9 Å². The summed E-state index contributed by atoms with van der Waals surface area (Å²) in [5.41, 5.74) is 5.05. The normalized spacial score (nSPS) is 32.2. The van der Waals surface area contributed by atoms with Crippen molar-refractivity contribution in [1.82, 2.24) is 10.2 Å². The molecule has 2 N–H and O–H groups in total. The van der Waals surface area contributed by atoms with Crippen LogP contribution in [-0.2, 0) is 34.3 Å². The first kappa shape index (κ1) is 39.8. The van der Waals surface area contributed by atoms with Gasteiger partial charge < -0.3 is 34.3 Å². The largest absolute Gasteiger partial charge is 0.456 e. The molecule has 0 bridgehead atoms. The summed E-state index contributed by atoms with van der Waals surface area (Å²) in [6, 6.07) is 26.3. The quantitative estimate of drug-likeness (QED) is 0.173. The highest BCUT2D eigenvalue weighted by Gasteiger charge is 2.57. The van der Waals surface area contributed by atoms with Crippen LogP contribution in [-0.4, -0.2) is 83.5 Å². The number of amides is 2. The smallest absolute Gasteiger partial charge is 0.338 e. The van der Waals surface area contributed by atoms with Crippen molar-refractivity contribution < 1.29 is 38.4 Å². The number of esters is 1. The van der Waals surface area contributed by atoms with E-state index in [2.05, 4.69) is 32.2 Å². The van der Waals surface area contributed by atoms with Crippen molar-refractivity contribution >= 4 is 23.9 Å². The van der Waals surface area contributed by atoms with Crippen LogP contribution in [0.1, 0.15) is 99.2 Å². The zero-order valence-electron chi connectivity index (χ0n) is 34.3. The second-order valence-corrected chi connectivity index (χ2v) is 18.3. The second kappa shape index (κ2) is 15.8. The van der Waals surface area contributed by atoms with Gasteiger partial charge in [-0.1, -0.05) is 98.3 Å². The highest BCUT2D eigenvalue weighted by Crippen LogP contribution is 2.60. The zero-order chi connectivity index (χ0) is 40.9. The molecule has 3 aromatic carbocycles. The molecule has 1 unspecified atom stereocenters. The van der Waals surface area contributed by atoms with E-state index in [4.69, 9.17) is 18.9 Å².